The van der Waals surface area contributed by atoms with Crippen molar-refractivity contribution in [2.24, 2.45) is 0 Å². The number of nitro groups is 2. The molecule has 10 nitrogen and oxygen atoms in total. The second-order valence-electron chi connectivity index (χ2n) is 6.49. The number of carbonyl (C=O) groups is 1. The van der Waals surface area contributed by atoms with Gasteiger partial charge < -0.3 is 10.2 Å². The van der Waals surface area contributed by atoms with Crippen LogP contribution >= 0.6 is 12.2 Å². The fourth-order valence-electron chi connectivity index (χ4n) is 3.10. The third-order valence-electron chi connectivity index (χ3n) is 4.51. The summed E-state index contributed by atoms with van der Waals surface area (Å²) >= 11 is 5.00. The maximum atomic E-state index is 13.4. The van der Waals surface area contributed by atoms with Gasteiger partial charge in [-0.3, -0.25) is 30.3 Å². The first-order valence-electron chi connectivity index (χ1n) is 8.86. The van der Waals surface area contributed by atoms with Crippen molar-refractivity contribution in [3.05, 3.63) is 68.0 Å². The van der Waals surface area contributed by atoms with E-state index in [1.54, 1.807) is 0 Å². The van der Waals surface area contributed by atoms with Crippen molar-refractivity contribution in [3.63, 3.8) is 0 Å². The number of nitrogens with zero attached hydrogens (tertiary/aromatic N) is 3. The standard InChI is InChI=1S/C18H16FN5O5S/c19-13-5-4-12(10-15(13)23(26)27)20-18(30)21-17(25)11-3-6-14(16(9-11)24(28)29)22-7-1-2-8-22/h3-6,9-10H,1-2,7-8H2,(H2,20,21,25,30). The lowest BCUT2D eigenvalue weighted by atomic mass is 10.1. The molecule has 1 amide bonds. The Morgan fingerprint density at radius 1 is 1.03 bits per heavy atom. The molecule has 0 saturated carbocycles. The van der Waals surface area contributed by atoms with Crippen molar-refractivity contribution in [2.45, 2.75) is 12.8 Å². The predicted molar refractivity (Wildman–Crippen MR) is 111 cm³/mol. The maximum absolute atomic E-state index is 13.4. The molecule has 0 unspecified atom stereocenters. The molecule has 3 rings (SSSR count). The number of nitro benzene ring substituents is 2. The van der Waals surface area contributed by atoms with Crippen molar-refractivity contribution >= 4 is 46.0 Å². The highest BCUT2D eigenvalue weighted by Gasteiger charge is 2.24. The molecular weight excluding hydrogens is 417 g/mol. The third kappa shape index (κ3) is 4.66. The van der Waals surface area contributed by atoms with E-state index in [4.69, 9.17) is 12.2 Å². The molecule has 2 aromatic carbocycles. The van der Waals surface area contributed by atoms with Gasteiger partial charge in [0.05, 0.1) is 9.85 Å². The summed E-state index contributed by atoms with van der Waals surface area (Å²) in [4.78, 5) is 35.2. The quantitative estimate of drug-likeness (QED) is 0.417. The Morgan fingerprint density at radius 2 is 1.70 bits per heavy atom. The SMILES string of the molecule is O=C(NC(=S)Nc1ccc(F)c([N+](=O)[O-])c1)c1ccc(N2CCCC2)c([N+](=O)[O-])c1. The Hall–Kier alpha value is -3.67. The summed E-state index contributed by atoms with van der Waals surface area (Å²) in [7, 11) is 0. The number of hydrogen-bond donors (Lipinski definition) is 2. The number of hydrogen-bond acceptors (Lipinski definition) is 7. The Bertz CT molecular complexity index is 1040. The summed E-state index contributed by atoms with van der Waals surface area (Å²) in [6.07, 6.45) is 1.89. The molecule has 0 spiro atoms. The van der Waals surface area contributed by atoms with Gasteiger partial charge in [0.2, 0.25) is 5.82 Å². The van der Waals surface area contributed by atoms with Gasteiger partial charge in [0.25, 0.3) is 11.6 Å². The van der Waals surface area contributed by atoms with E-state index < -0.39 is 27.3 Å². The van der Waals surface area contributed by atoms with Gasteiger partial charge >= 0.3 is 5.69 Å². The van der Waals surface area contributed by atoms with Crippen molar-refractivity contribution in [1.82, 2.24) is 5.32 Å². The van der Waals surface area contributed by atoms with E-state index in [2.05, 4.69) is 10.6 Å². The van der Waals surface area contributed by atoms with Gasteiger partial charge in [0.15, 0.2) is 5.11 Å². The molecular formula is C18H16FN5O5S. The normalized spacial score (nSPS) is 13.0. The minimum Gasteiger partial charge on any atom is -0.366 e. The number of anilines is 2. The molecule has 1 aliphatic rings. The highest BCUT2D eigenvalue weighted by Crippen LogP contribution is 2.31. The maximum Gasteiger partial charge on any atom is 0.306 e. The van der Waals surface area contributed by atoms with Crippen LogP contribution in [0.5, 0.6) is 0 Å². The number of halogens is 1. The van der Waals surface area contributed by atoms with Crippen LogP contribution in [-0.4, -0.2) is 34.0 Å². The molecule has 156 valence electrons. The van der Waals surface area contributed by atoms with Crippen molar-refractivity contribution in [1.29, 1.82) is 0 Å². The van der Waals surface area contributed by atoms with Gasteiger partial charge in [-0.1, -0.05) is 0 Å². The molecule has 30 heavy (non-hydrogen) atoms. The van der Waals surface area contributed by atoms with E-state index in [9.17, 15) is 29.4 Å². The Kier molecular flexibility index (Phi) is 6.16. The summed E-state index contributed by atoms with van der Waals surface area (Å²) in [6.45, 7) is 1.42. The van der Waals surface area contributed by atoms with E-state index in [-0.39, 0.29) is 22.1 Å². The van der Waals surface area contributed by atoms with Crippen LogP contribution in [0.4, 0.5) is 27.1 Å². The zero-order valence-corrected chi connectivity index (χ0v) is 16.3. The van der Waals surface area contributed by atoms with Crippen molar-refractivity contribution in [3.8, 4) is 0 Å². The van der Waals surface area contributed by atoms with Crippen LogP contribution in [0.1, 0.15) is 23.2 Å². The first-order chi connectivity index (χ1) is 14.3. The van der Waals surface area contributed by atoms with Crippen LogP contribution in [0.25, 0.3) is 0 Å². The van der Waals surface area contributed by atoms with E-state index in [1.807, 2.05) is 4.90 Å². The van der Waals surface area contributed by atoms with Gasteiger partial charge in [0.1, 0.15) is 5.69 Å². The Labute approximate surface area is 175 Å². The Balaban J connectivity index is 1.73. The van der Waals surface area contributed by atoms with E-state index >= 15 is 0 Å². The van der Waals surface area contributed by atoms with Gasteiger partial charge in [-0.2, -0.15) is 4.39 Å². The average Bonchev–Trinajstić information content (AvgIpc) is 3.23. The Morgan fingerprint density at radius 3 is 2.33 bits per heavy atom. The topological polar surface area (TPSA) is 131 Å². The molecule has 2 N–H and O–H groups in total. The van der Waals surface area contributed by atoms with Gasteiger partial charge in [0, 0.05) is 36.5 Å². The molecule has 1 fully saturated rings. The molecule has 0 radical (unpaired) electrons. The first kappa shape index (κ1) is 21.0. The highest BCUT2D eigenvalue weighted by atomic mass is 32.1. The van der Waals surface area contributed by atoms with Gasteiger partial charge in [-0.15, -0.1) is 0 Å². The van der Waals surface area contributed by atoms with E-state index in [1.165, 1.54) is 24.3 Å². The van der Waals surface area contributed by atoms with Crippen molar-refractivity contribution < 1.29 is 19.0 Å². The van der Waals surface area contributed by atoms with Crippen LogP contribution in [0.3, 0.4) is 0 Å². The average molecular weight is 433 g/mol. The number of rotatable bonds is 5. The van der Waals surface area contributed by atoms with E-state index in [0.29, 0.717) is 18.8 Å². The van der Waals surface area contributed by atoms with Crippen LogP contribution < -0.4 is 15.5 Å². The minimum absolute atomic E-state index is 0.0267. The van der Waals surface area contributed by atoms with Gasteiger partial charge in [-0.25, -0.2) is 0 Å². The smallest absolute Gasteiger partial charge is 0.306 e. The molecule has 1 aliphatic heterocycles. The fourth-order valence-corrected chi connectivity index (χ4v) is 3.31. The molecule has 0 bridgehead atoms. The number of thiocarbonyl (C=S) groups is 1. The molecule has 0 aromatic heterocycles. The summed E-state index contributed by atoms with van der Waals surface area (Å²) < 4.78 is 13.4. The zero-order chi connectivity index (χ0) is 21.8. The number of amides is 1. The second-order valence-corrected chi connectivity index (χ2v) is 6.89. The van der Waals surface area contributed by atoms with Crippen LogP contribution in [-0.2, 0) is 0 Å². The molecule has 1 heterocycles. The van der Waals surface area contributed by atoms with Gasteiger partial charge in [-0.05, 0) is 49.3 Å². The number of benzene rings is 2. The number of carbonyl (C=O) groups excluding carboxylic acids is 1. The highest BCUT2D eigenvalue weighted by molar-refractivity contribution is 7.80. The van der Waals surface area contributed by atoms with Crippen molar-refractivity contribution in [2.75, 3.05) is 23.3 Å². The third-order valence-corrected chi connectivity index (χ3v) is 4.71. The second kappa shape index (κ2) is 8.78. The summed E-state index contributed by atoms with van der Waals surface area (Å²) in [5.74, 6) is -1.70. The zero-order valence-electron chi connectivity index (χ0n) is 15.5. The summed E-state index contributed by atoms with van der Waals surface area (Å²) in [6, 6.07) is 7.21. The fraction of sp³-hybridized carbons (Fsp3) is 0.222. The molecule has 2 aromatic rings. The molecule has 0 aliphatic carbocycles. The molecule has 12 heteroatoms. The van der Waals surface area contributed by atoms with Crippen LogP contribution in [0.15, 0.2) is 36.4 Å². The number of nitrogens with one attached hydrogen (secondary N) is 2. The lowest BCUT2D eigenvalue weighted by molar-refractivity contribution is -0.387. The molecule has 1 saturated heterocycles. The first-order valence-corrected chi connectivity index (χ1v) is 9.27. The van der Waals surface area contributed by atoms with Crippen LogP contribution in [0, 0.1) is 26.0 Å². The largest absolute Gasteiger partial charge is 0.366 e. The minimum atomic E-state index is -1.01. The lowest BCUT2D eigenvalue weighted by Gasteiger charge is -2.18. The molecule has 0 atom stereocenters. The lowest BCUT2D eigenvalue weighted by Crippen LogP contribution is -2.34. The van der Waals surface area contributed by atoms with Crippen LogP contribution in [0.2, 0.25) is 0 Å². The summed E-state index contributed by atoms with van der Waals surface area (Å²) in [5.41, 5.74) is -0.351. The summed E-state index contributed by atoms with van der Waals surface area (Å²) in [5, 5.41) is 27.0. The monoisotopic (exact) mass is 433 g/mol. The predicted octanol–water partition coefficient (Wildman–Crippen LogP) is 3.37. The van der Waals surface area contributed by atoms with E-state index in [0.717, 1.165) is 25.0 Å².